The Labute approximate surface area is 166 Å². The van der Waals surface area contributed by atoms with E-state index in [1.807, 2.05) is 37.9 Å². The minimum atomic E-state index is -0.190. The number of ether oxygens (including phenoxy) is 1. The van der Waals surface area contributed by atoms with Gasteiger partial charge in [0.1, 0.15) is 11.4 Å². The Bertz CT molecular complexity index is 837. The normalized spacial score (nSPS) is 24.5. The van der Waals surface area contributed by atoms with E-state index >= 15 is 0 Å². The molecular weight excluding hydrogens is 354 g/mol. The quantitative estimate of drug-likeness (QED) is 0.875. The second kappa shape index (κ2) is 7.59. The van der Waals surface area contributed by atoms with Crippen LogP contribution in [0.15, 0.2) is 34.9 Å². The number of carbonyl (C=O) groups excluding carboxylic acids is 1. The van der Waals surface area contributed by atoms with Crippen molar-refractivity contribution in [3.8, 4) is 5.75 Å². The average molecular weight is 383 g/mol. The zero-order valence-corrected chi connectivity index (χ0v) is 16.9. The lowest BCUT2D eigenvalue weighted by molar-refractivity contribution is 0.00939. The van der Waals surface area contributed by atoms with Gasteiger partial charge in [-0.1, -0.05) is 37.2 Å². The number of fused-ring (bicyclic) bond motifs is 1. The van der Waals surface area contributed by atoms with E-state index in [4.69, 9.17) is 9.26 Å². The third-order valence-electron chi connectivity index (χ3n) is 6.13. The lowest BCUT2D eigenvalue weighted by Crippen LogP contribution is -2.51. The van der Waals surface area contributed by atoms with Gasteiger partial charge in [0.25, 0.3) is 5.91 Å². The Morgan fingerprint density at radius 2 is 2.04 bits per heavy atom. The van der Waals surface area contributed by atoms with Crippen LogP contribution in [0.25, 0.3) is 0 Å². The fourth-order valence-corrected chi connectivity index (χ4v) is 4.24. The van der Waals surface area contributed by atoms with Crippen molar-refractivity contribution in [1.82, 2.24) is 15.4 Å². The maximum Gasteiger partial charge on any atom is 0.292 e. The summed E-state index contributed by atoms with van der Waals surface area (Å²) in [5.41, 5.74) is 1.83. The summed E-state index contributed by atoms with van der Waals surface area (Å²) >= 11 is 0. The second-order valence-corrected chi connectivity index (χ2v) is 8.41. The molecule has 2 aromatic rings. The molecule has 0 radical (unpaired) electrons. The van der Waals surface area contributed by atoms with Crippen LogP contribution >= 0.6 is 0 Å². The molecular formula is C22H29N3O3. The molecule has 28 heavy (non-hydrogen) atoms. The molecule has 4 rings (SSSR count). The van der Waals surface area contributed by atoms with Crippen LogP contribution in [0.5, 0.6) is 5.75 Å². The molecule has 1 N–H and O–H groups in total. The van der Waals surface area contributed by atoms with Crippen LogP contribution in [0.2, 0.25) is 0 Å². The summed E-state index contributed by atoms with van der Waals surface area (Å²) in [6.07, 6.45) is 3.67. The van der Waals surface area contributed by atoms with Gasteiger partial charge < -0.3 is 19.5 Å². The van der Waals surface area contributed by atoms with Crippen LogP contribution < -0.4 is 10.1 Å². The number of nitrogens with one attached hydrogen (secondary N) is 1. The van der Waals surface area contributed by atoms with Gasteiger partial charge in [-0.2, -0.15) is 0 Å². The first kappa shape index (κ1) is 19.0. The monoisotopic (exact) mass is 383 g/mol. The van der Waals surface area contributed by atoms with Gasteiger partial charge in [0.2, 0.25) is 5.76 Å². The van der Waals surface area contributed by atoms with E-state index in [9.17, 15) is 4.79 Å². The zero-order chi connectivity index (χ0) is 19.7. The molecule has 6 nitrogen and oxygen atoms in total. The van der Waals surface area contributed by atoms with E-state index in [0.717, 1.165) is 50.2 Å². The number of nitrogens with zero attached hydrogens (tertiary/aromatic N) is 2. The Morgan fingerprint density at radius 1 is 1.29 bits per heavy atom. The number of amides is 1. The fraction of sp³-hybridized carbons (Fsp3) is 0.545. The van der Waals surface area contributed by atoms with Gasteiger partial charge in [0, 0.05) is 37.8 Å². The molecule has 1 aliphatic carbocycles. The highest BCUT2D eigenvalue weighted by molar-refractivity contribution is 5.91. The first-order chi connectivity index (χ1) is 13.5. The van der Waals surface area contributed by atoms with Gasteiger partial charge >= 0.3 is 0 Å². The maximum absolute atomic E-state index is 12.8. The van der Waals surface area contributed by atoms with Crippen molar-refractivity contribution in [2.75, 3.05) is 13.6 Å². The van der Waals surface area contributed by atoms with Gasteiger partial charge in [-0.3, -0.25) is 4.79 Å². The van der Waals surface area contributed by atoms with E-state index in [1.165, 1.54) is 5.56 Å². The van der Waals surface area contributed by atoms with Crippen molar-refractivity contribution in [2.24, 2.45) is 0 Å². The van der Waals surface area contributed by atoms with Crippen molar-refractivity contribution in [1.29, 1.82) is 0 Å². The average Bonchev–Trinajstić information content (AvgIpc) is 3.12. The molecule has 1 saturated carbocycles. The summed E-state index contributed by atoms with van der Waals surface area (Å²) in [6.45, 7) is 5.75. The molecule has 1 fully saturated rings. The number of aromatic nitrogens is 1. The highest BCUT2D eigenvalue weighted by Crippen LogP contribution is 2.37. The smallest absolute Gasteiger partial charge is 0.292 e. The first-order valence-electron chi connectivity index (χ1n) is 10.2. The van der Waals surface area contributed by atoms with E-state index in [1.54, 1.807) is 6.07 Å². The van der Waals surface area contributed by atoms with Gasteiger partial charge in [-0.25, -0.2) is 0 Å². The second-order valence-electron chi connectivity index (χ2n) is 8.41. The van der Waals surface area contributed by atoms with E-state index in [-0.39, 0.29) is 23.5 Å². The molecule has 0 bridgehead atoms. The molecule has 2 aliphatic rings. The summed E-state index contributed by atoms with van der Waals surface area (Å²) in [5.74, 6) is 1.46. The third kappa shape index (κ3) is 3.65. The minimum Gasteiger partial charge on any atom is -0.486 e. The topological polar surface area (TPSA) is 67.6 Å². The van der Waals surface area contributed by atoms with Gasteiger partial charge in [0.05, 0.1) is 5.69 Å². The summed E-state index contributed by atoms with van der Waals surface area (Å²) in [4.78, 5) is 14.6. The highest BCUT2D eigenvalue weighted by atomic mass is 16.5. The van der Waals surface area contributed by atoms with Crippen LogP contribution in [-0.4, -0.2) is 41.2 Å². The SMILES string of the molecule is CC(C)c1cc(C(=O)N(C)C2CCC3(CC2)CNCc2ccccc2O3)on1. The van der Waals surface area contributed by atoms with Crippen molar-refractivity contribution in [2.45, 2.75) is 63.6 Å². The van der Waals surface area contributed by atoms with Crippen molar-refractivity contribution >= 4 is 5.91 Å². The largest absolute Gasteiger partial charge is 0.486 e. The van der Waals surface area contributed by atoms with Crippen molar-refractivity contribution in [3.05, 3.63) is 47.3 Å². The third-order valence-corrected chi connectivity index (χ3v) is 6.13. The van der Waals surface area contributed by atoms with Crippen LogP contribution in [-0.2, 0) is 6.54 Å². The molecule has 1 amide bonds. The predicted octanol–water partition coefficient (Wildman–Crippen LogP) is 3.73. The van der Waals surface area contributed by atoms with Crippen LogP contribution in [0.4, 0.5) is 0 Å². The highest BCUT2D eigenvalue weighted by Gasteiger charge is 2.40. The molecule has 6 heteroatoms. The zero-order valence-electron chi connectivity index (χ0n) is 16.9. The molecule has 0 saturated heterocycles. The molecule has 0 atom stereocenters. The molecule has 2 heterocycles. The molecule has 1 spiro atoms. The van der Waals surface area contributed by atoms with Crippen LogP contribution in [0.1, 0.15) is 67.3 Å². The van der Waals surface area contributed by atoms with Gasteiger partial charge in [-0.05, 0) is 37.7 Å². The number of hydrogen-bond acceptors (Lipinski definition) is 5. The van der Waals surface area contributed by atoms with Gasteiger partial charge in [-0.15, -0.1) is 0 Å². The van der Waals surface area contributed by atoms with Crippen molar-refractivity contribution < 1.29 is 14.1 Å². The number of carbonyl (C=O) groups is 1. The Balaban J connectivity index is 1.41. The Hall–Kier alpha value is -2.34. The molecule has 1 aliphatic heterocycles. The van der Waals surface area contributed by atoms with Crippen LogP contribution in [0.3, 0.4) is 0 Å². The van der Waals surface area contributed by atoms with Gasteiger partial charge in [0.15, 0.2) is 0 Å². The molecule has 150 valence electrons. The Kier molecular flexibility index (Phi) is 5.15. The fourth-order valence-electron chi connectivity index (χ4n) is 4.24. The number of hydrogen-bond donors (Lipinski definition) is 1. The lowest BCUT2D eigenvalue weighted by atomic mass is 9.81. The van der Waals surface area contributed by atoms with Crippen LogP contribution in [0, 0.1) is 0 Å². The number of benzene rings is 1. The maximum atomic E-state index is 12.8. The van der Waals surface area contributed by atoms with E-state index in [2.05, 4.69) is 22.6 Å². The first-order valence-corrected chi connectivity index (χ1v) is 10.2. The predicted molar refractivity (Wildman–Crippen MR) is 106 cm³/mol. The summed E-state index contributed by atoms with van der Waals surface area (Å²) in [7, 11) is 1.87. The summed E-state index contributed by atoms with van der Waals surface area (Å²) in [5, 5.41) is 7.55. The summed E-state index contributed by atoms with van der Waals surface area (Å²) in [6, 6.07) is 10.2. The van der Waals surface area contributed by atoms with E-state index in [0.29, 0.717) is 5.76 Å². The molecule has 1 aromatic heterocycles. The number of rotatable bonds is 3. The van der Waals surface area contributed by atoms with Crippen molar-refractivity contribution in [3.63, 3.8) is 0 Å². The standard InChI is InChI=1S/C22H29N3O3/c1-15(2)18-12-20(28-24-18)21(26)25(3)17-8-10-22(11-9-17)14-23-13-16-6-4-5-7-19(16)27-22/h4-7,12,15,17,23H,8-11,13-14H2,1-3H3. The van der Waals surface area contributed by atoms with E-state index < -0.39 is 0 Å². The lowest BCUT2D eigenvalue weighted by Gasteiger charge is -2.42. The minimum absolute atomic E-state index is 0.0920. The number of para-hydroxylation sites is 1. The molecule has 0 unspecified atom stereocenters. The Morgan fingerprint density at radius 3 is 2.75 bits per heavy atom. The molecule has 1 aromatic carbocycles. The summed E-state index contributed by atoms with van der Waals surface area (Å²) < 4.78 is 11.8.